The lowest BCUT2D eigenvalue weighted by atomic mass is 10.0. The van der Waals surface area contributed by atoms with Gasteiger partial charge in [0.2, 0.25) is 0 Å². The molecule has 5 heteroatoms. The SMILES string of the molecule is Cc1cc(C(CN)N2CCn3ccnc3C2)ccc1F. The first kappa shape index (κ1) is 13.3. The number of rotatable bonds is 3. The van der Waals surface area contributed by atoms with Gasteiger partial charge in [0.1, 0.15) is 11.6 Å². The molecule has 0 spiro atoms. The summed E-state index contributed by atoms with van der Waals surface area (Å²) in [6, 6.07) is 5.37. The van der Waals surface area contributed by atoms with Gasteiger partial charge in [0, 0.05) is 38.1 Å². The molecule has 2 heterocycles. The highest BCUT2D eigenvalue weighted by Crippen LogP contribution is 2.25. The van der Waals surface area contributed by atoms with Gasteiger partial charge in [-0.15, -0.1) is 0 Å². The van der Waals surface area contributed by atoms with E-state index in [0.717, 1.165) is 31.0 Å². The quantitative estimate of drug-likeness (QED) is 0.929. The van der Waals surface area contributed by atoms with Crippen LogP contribution in [-0.2, 0) is 13.1 Å². The fourth-order valence-corrected chi connectivity index (χ4v) is 2.83. The fraction of sp³-hybridized carbons (Fsp3) is 0.400. The summed E-state index contributed by atoms with van der Waals surface area (Å²) in [5.74, 6) is 0.896. The smallest absolute Gasteiger partial charge is 0.126 e. The maximum absolute atomic E-state index is 13.4. The van der Waals surface area contributed by atoms with E-state index in [1.165, 1.54) is 6.07 Å². The summed E-state index contributed by atoms with van der Waals surface area (Å²) in [6.07, 6.45) is 3.84. The Bertz CT molecular complexity index is 608. The molecule has 20 heavy (non-hydrogen) atoms. The van der Waals surface area contributed by atoms with Crippen LogP contribution in [0.1, 0.15) is 23.0 Å². The van der Waals surface area contributed by atoms with Gasteiger partial charge in [0.15, 0.2) is 0 Å². The number of hydrogen-bond acceptors (Lipinski definition) is 3. The molecule has 0 radical (unpaired) electrons. The molecule has 106 valence electrons. The molecule has 1 aliphatic rings. The first-order valence-electron chi connectivity index (χ1n) is 6.89. The van der Waals surface area contributed by atoms with Crippen molar-refractivity contribution < 1.29 is 4.39 Å². The molecule has 1 unspecified atom stereocenters. The second-order valence-corrected chi connectivity index (χ2v) is 5.27. The summed E-state index contributed by atoms with van der Waals surface area (Å²) in [5, 5.41) is 0. The van der Waals surface area contributed by atoms with Crippen molar-refractivity contribution in [1.82, 2.24) is 14.5 Å². The molecule has 0 saturated heterocycles. The van der Waals surface area contributed by atoms with Crippen LogP contribution < -0.4 is 5.73 Å². The van der Waals surface area contributed by atoms with Gasteiger partial charge in [-0.25, -0.2) is 9.37 Å². The summed E-state index contributed by atoms with van der Waals surface area (Å²) in [6.45, 7) is 4.94. The summed E-state index contributed by atoms with van der Waals surface area (Å²) in [7, 11) is 0. The molecule has 0 saturated carbocycles. The molecule has 3 rings (SSSR count). The topological polar surface area (TPSA) is 47.1 Å². The summed E-state index contributed by atoms with van der Waals surface area (Å²) >= 11 is 0. The van der Waals surface area contributed by atoms with Crippen molar-refractivity contribution in [2.75, 3.05) is 13.1 Å². The number of aromatic nitrogens is 2. The average Bonchev–Trinajstić information content (AvgIpc) is 2.91. The molecule has 4 nitrogen and oxygen atoms in total. The lowest BCUT2D eigenvalue weighted by Gasteiger charge is -2.34. The van der Waals surface area contributed by atoms with Crippen molar-refractivity contribution in [1.29, 1.82) is 0 Å². The van der Waals surface area contributed by atoms with Crippen molar-refractivity contribution in [2.24, 2.45) is 5.73 Å². The predicted molar refractivity (Wildman–Crippen MR) is 75.6 cm³/mol. The predicted octanol–water partition coefficient (Wildman–Crippen LogP) is 1.85. The van der Waals surface area contributed by atoms with Crippen molar-refractivity contribution in [3.05, 3.63) is 53.4 Å². The molecule has 1 atom stereocenters. The van der Waals surface area contributed by atoms with E-state index in [2.05, 4.69) is 14.5 Å². The van der Waals surface area contributed by atoms with Gasteiger partial charge in [0.25, 0.3) is 0 Å². The highest BCUT2D eigenvalue weighted by molar-refractivity contribution is 5.27. The lowest BCUT2D eigenvalue weighted by Crippen LogP contribution is -2.39. The number of halogens is 1. The van der Waals surface area contributed by atoms with Gasteiger partial charge in [-0.2, -0.15) is 0 Å². The van der Waals surface area contributed by atoms with Crippen molar-refractivity contribution in [3.63, 3.8) is 0 Å². The fourth-order valence-electron chi connectivity index (χ4n) is 2.83. The van der Waals surface area contributed by atoms with E-state index in [9.17, 15) is 4.39 Å². The lowest BCUT2D eigenvalue weighted by molar-refractivity contribution is 0.156. The molecule has 0 fully saturated rings. The number of nitrogens with two attached hydrogens (primary N) is 1. The minimum absolute atomic E-state index is 0.111. The molecule has 2 aromatic rings. The molecular weight excluding hydrogens is 255 g/mol. The Morgan fingerprint density at radius 1 is 1.40 bits per heavy atom. The van der Waals surface area contributed by atoms with Crippen molar-refractivity contribution in [2.45, 2.75) is 26.1 Å². The molecule has 1 aromatic heterocycles. The Kier molecular flexibility index (Phi) is 3.54. The summed E-state index contributed by atoms with van der Waals surface area (Å²) in [4.78, 5) is 6.68. The van der Waals surface area contributed by atoms with Crippen LogP contribution in [0.15, 0.2) is 30.6 Å². The van der Waals surface area contributed by atoms with Crippen LogP contribution in [0.2, 0.25) is 0 Å². The van der Waals surface area contributed by atoms with Crippen molar-refractivity contribution in [3.8, 4) is 0 Å². The van der Waals surface area contributed by atoms with Gasteiger partial charge in [-0.3, -0.25) is 4.90 Å². The first-order chi connectivity index (χ1) is 9.69. The van der Waals surface area contributed by atoms with Crippen LogP contribution in [0, 0.1) is 12.7 Å². The molecule has 1 aliphatic heterocycles. The Balaban J connectivity index is 1.85. The minimum atomic E-state index is -0.168. The number of hydrogen-bond donors (Lipinski definition) is 1. The zero-order valence-corrected chi connectivity index (χ0v) is 11.6. The number of imidazole rings is 1. The van der Waals surface area contributed by atoms with Crippen LogP contribution in [0.25, 0.3) is 0 Å². The average molecular weight is 274 g/mol. The van der Waals surface area contributed by atoms with Crippen LogP contribution in [0.3, 0.4) is 0 Å². The van der Waals surface area contributed by atoms with Gasteiger partial charge in [-0.05, 0) is 24.1 Å². The highest BCUT2D eigenvalue weighted by Gasteiger charge is 2.24. The van der Waals surface area contributed by atoms with E-state index < -0.39 is 0 Å². The molecular formula is C15H19FN4. The molecule has 0 amide bonds. The summed E-state index contributed by atoms with van der Waals surface area (Å²) in [5.41, 5.74) is 7.70. The number of nitrogens with zero attached hydrogens (tertiary/aromatic N) is 3. The normalized spacial score (nSPS) is 16.9. The van der Waals surface area contributed by atoms with Gasteiger partial charge < -0.3 is 10.3 Å². The maximum Gasteiger partial charge on any atom is 0.126 e. The first-order valence-corrected chi connectivity index (χ1v) is 6.89. The maximum atomic E-state index is 13.4. The Labute approximate surface area is 118 Å². The Hall–Kier alpha value is -1.72. The number of aryl methyl sites for hydroxylation is 1. The summed E-state index contributed by atoms with van der Waals surface area (Å²) < 4.78 is 15.6. The van der Waals surface area contributed by atoms with E-state index >= 15 is 0 Å². The highest BCUT2D eigenvalue weighted by atomic mass is 19.1. The zero-order chi connectivity index (χ0) is 14.1. The van der Waals surface area contributed by atoms with Crippen LogP contribution in [0.5, 0.6) is 0 Å². The second kappa shape index (κ2) is 5.34. The van der Waals surface area contributed by atoms with E-state index in [4.69, 9.17) is 5.73 Å². The van der Waals surface area contributed by atoms with E-state index in [0.29, 0.717) is 12.1 Å². The number of benzene rings is 1. The standard InChI is InChI=1S/C15H19FN4/c1-11-8-12(2-3-13(11)16)14(9-17)20-7-6-19-5-4-18-15(19)10-20/h2-5,8,14H,6-7,9-10,17H2,1H3. The van der Waals surface area contributed by atoms with Crippen LogP contribution in [0.4, 0.5) is 4.39 Å². The zero-order valence-electron chi connectivity index (χ0n) is 11.6. The van der Waals surface area contributed by atoms with Crippen LogP contribution in [-0.4, -0.2) is 27.5 Å². The molecule has 0 aliphatic carbocycles. The monoisotopic (exact) mass is 274 g/mol. The molecule has 0 bridgehead atoms. The number of fused-ring (bicyclic) bond motifs is 1. The molecule has 2 N–H and O–H groups in total. The third-order valence-electron chi connectivity index (χ3n) is 4.01. The molecule has 1 aromatic carbocycles. The third-order valence-corrected chi connectivity index (χ3v) is 4.01. The van der Waals surface area contributed by atoms with Gasteiger partial charge in [0.05, 0.1) is 6.54 Å². The Morgan fingerprint density at radius 3 is 3.00 bits per heavy atom. The van der Waals surface area contributed by atoms with E-state index in [1.807, 2.05) is 24.5 Å². The van der Waals surface area contributed by atoms with Gasteiger partial charge in [-0.1, -0.05) is 12.1 Å². The third kappa shape index (κ3) is 2.34. The minimum Gasteiger partial charge on any atom is -0.333 e. The Morgan fingerprint density at radius 2 is 2.25 bits per heavy atom. The van der Waals surface area contributed by atoms with Crippen LogP contribution >= 0.6 is 0 Å². The second-order valence-electron chi connectivity index (χ2n) is 5.27. The van der Waals surface area contributed by atoms with E-state index in [1.54, 1.807) is 6.92 Å². The largest absolute Gasteiger partial charge is 0.333 e. The van der Waals surface area contributed by atoms with Crippen molar-refractivity contribution >= 4 is 0 Å². The van der Waals surface area contributed by atoms with Gasteiger partial charge >= 0.3 is 0 Å². The van der Waals surface area contributed by atoms with E-state index in [-0.39, 0.29) is 11.9 Å².